The fourth-order valence-corrected chi connectivity index (χ4v) is 0.931. The summed E-state index contributed by atoms with van der Waals surface area (Å²) < 4.78 is 46.1. The van der Waals surface area contributed by atoms with E-state index >= 15 is 0 Å². The third-order valence-electron chi connectivity index (χ3n) is 1.58. The molecule has 0 aliphatic carbocycles. The highest BCUT2D eigenvalue weighted by atomic mass is 35.5. The average Bonchev–Trinajstić information content (AvgIpc) is 2.15. The summed E-state index contributed by atoms with van der Waals surface area (Å²) in [7, 11) is 0. The molecule has 0 aliphatic rings. The molecule has 96 valence electrons. The first kappa shape index (κ1) is 13.8. The van der Waals surface area contributed by atoms with E-state index in [2.05, 4.69) is 19.7 Å². The molecule has 0 fully saturated rings. The Hall–Kier alpha value is -1.31. The summed E-state index contributed by atoms with van der Waals surface area (Å²) in [5, 5.41) is -0.298. The molecule has 0 bridgehead atoms. The van der Waals surface area contributed by atoms with Crippen molar-refractivity contribution in [2.24, 2.45) is 0 Å². The van der Waals surface area contributed by atoms with E-state index in [4.69, 9.17) is 16.3 Å². The smallest absolute Gasteiger partial charge is 0.425 e. The number of aromatic nitrogens is 3. The summed E-state index contributed by atoms with van der Waals surface area (Å²) >= 11 is 5.48. The quantitative estimate of drug-likeness (QED) is 0.841. The van der Waals surface area contributed by atoms with Gasteiger partial charge in [0.05, 0.1) is 6.61 Å². The van der Waals surface area contributed by atoms with Gasteiger partial charge in [-0.1, -0.05) is 0 Å². The summed E-state index contributed by atoms with van der Waals surface area (Å²) in [6, 6.07) is -0.713. The number of hydrogen-bond donors (Lipinski definition) is 0. The zero-order valence-electron chi connectivity index (χ0n) is 8.95. The molecule has 1 atom stereocenters. The molecule has 0 amide bonds. The fourth-order valence-electron chi connectivity index (χ4n) is 0.786. The van der Waals surface area contributed by atoms with Crippen LogP contribution in [-0.4, -0.2) is 33.8 Å². The van der Waals surface area contributed by atoms with Crippen LogP contribution in [0.2, 0.25) is 5.28 Å². The predicted octanol–water partition coefficient (Wildman–Crippen LogP) is 2.25. The van der Waals surface area contributed by atoms with Crippen LogP contribution in [0.3, 0.4) is 0 Å². The van der Waals surface area contributed by atoms with E-state index in [9.17, 15) is 13.2 Å². The maximum absolute atomic E-state index is 12.2. The highest BCUT2D eigenvalue weighted by molar-refractivity contribution is 6.28. The van der Waals surface area contributed by atoms with Crippen LogP contribution in [0, 0.1) is 0 Å². The van der Waals surface area contributed by atoms with E-state index in [-0.39, 0.29) is 17.9 Å². The Morgan fingerprint density at radius 3 is 2.35 bits per heavy atom. The van der Waals surface area contributed by atoms with Crippen LogP contribution < -0.4 is 9.47 Å². The maximum Gasteiger partial charge on any atom is 0.425 e. The SMILES string of the molecule is CCOc1nc(Cl)nc(OC(C)C(F)(F)F)n1. The van der Waals surface area contributed by atoms with Gasteiger partial charge in [0.15, 0.2) is 6.10 Å². The van der Waals surface area contributed by atoms with Gasteiger partial charge in [-0.05, 0) is 25.4 Å². The number of rotatable bonds is 4. The van der Waals surface area contributed by atoms with Gasteiger partial charge in [0.1, 0.15) is 0 Å². The fraction of sp³-hybridized carbons (Fsp3) is 0.625. The third-order valence-corrected chi connectivity index (χ3v) is 1.75. The van der Waals surface area contributed by atoms with Gasteiger partial charge in [0.2, 0.25) is 5.28 Å². The molecule has 0 aliphatic heterocycles. The van der Waals surface area contributed by atoms with E-state index in [1.165, 1.54) is 0 Å². The van der Waals surface area contributed by atoms with Crippen LogP contribution in [0.25, 0.3) is 0 Å². The van der Waals surface area contributed by atoms with E-state index < -0.39 is 18.3 Å². The second kappa shape index (κ2) is 5.35. The largest absolute Gasteiger partial charge is 0.464 e. The molecule has 0 radical (unpaired) electrons. The van der Waals surface area contributed by atoms with Crippen LogP contribution in [0.1, 0.15) is 13.8 Å². The number of hydrogen-bond acceptors (Lipinski definition) is 5. The highest BCUT2D eigenvalue weighted by Crippen LogP contribution is 2.24. The van der Waals surface area contributed by atoms with E-state index in [0.717, 1.165) is 6.92 Å². The molecule has 1 rings (SSSR count). The first-order valence-corrected chi connectivity index (χ1v) is 4.98. The Bertz CT molecular complexity index is 389. The first-order chi connectivity index (χ1) is 7.82. The molecular formula is C8H9ClF3N3O2. The zero-order valence-corrected chi connectivity index (χ0v) is 9.71. The molecule has 0 aromatic carbocycles. The van der Waals surface area contributed by atoms with Crippen LogP contribution in [0.15, 0.2) is 0 Å². The van der Waals surface area contributed by atoms with Gasteiger partial charge in [0, 0.05) is 0 Å². The number of halogens is 4. The second-order valence-corrected chi connectivity index (χ2v) is 3.24. The van der Waals surface area contributed by atoms with Gasteiger partial charge < -0.3 is 9.47 Å². The standard InChI is InChI=1S/C8H9ClF3N3O2/c1-3-16-6-13-5(9)14-7(15-6)17-4(2)8(10,11)12/h4H,3H2,1-2H3. The third kappa shape index (κ3) is 4.22. The molecule has 0 saturated heterocycles. The van der Waals surface area contributed by atoms with Crippen molar-refractivity contribution in [1.82, 2.24) is 15.0 Å². The van der Waals surface area contributed by atoms with Crippen molar-refractivity contribution in [3.05, 3.63) is 5.28 Å². The molecule has 1 unspecified atom stereocenters. The van der Waals surface area contributed by atoms with E-state index in [1.54, 1.807) is 6.92 Å². The van der Waals surface area contributed by atoms with Gasteiger partial charge in [-0.25, -0.2) is 0 Å². The minimum atomic E-state index is -4.51. The lowest BCUT2D eigenvalue weighted by atomic mass is 10.4. The maximum atomic E-state index is 12.2. The zero-order chi connectivity index (χ0) is 13.1. The van der Waals surface area contributed by atoms with Crippen molar-refractivity contribution < 1.29 is 22.6 Å². The topological polar surface area (TPSA) is 57.1 Å². The molecule has 1 heterocycles. The molecule has 9 heteroatoms. The van der Waals surface area contributed by atoms with Gasteiger partial charge >= 0.3 is 18.2 Å². The molecule has 0 spiro atoms. The Labute approximate surface area is 99.9 Å². The van der Waals surface area contributed by atoms with Crippen molar-refractivity contribution in [2.75, 3.05) is 6.61 Å². The van der Waals surface area contributed by atoms with Crippen molar-refractivity contribution in [3.63, 3.8) is 0 Å². The molecule has 1 aromatic heterocycles. The monoisotopic (exact) mass is 271 g/mol. The average molecular weight is 272 g/mol. The highest BCUT2D eigenvalue weighted by Gasteiger charge is 2.38. The molecule has 17 heavy (non-hydrogen) atoms. The second-order valence-electron chi connectivity index (χ2n) is 2.90. The number of nitrogens with zero attached hydrogens (tertiary/aromatic N) is 3. The van der Waals surface area contributed by atoms with Crippen LogP contribution in [0.4, 0.5) is 13.2 Å². The van der Waals surface area contributed by atoms with Gasteiger partial charge in [-0.15, -0.1) is 4.98 Å². The number of alkyl halides is 3. The summed E-state index contributed by atoms with van der Waals surface area (Å²) in [5.41, 5.74) is 0. The lowest BCUT2D eigenvalue weighted by Gasteiger charge is -2.16. The Kier molecular flexibility index (Phi) is 4.33. The Morgan fingerprint density at radius 1 is 1.24 bits per heavy atom. The van der Waals surface area contributed by atoms with Gasteiger partial charge in [0.25, 0.3) is 0 Å². The summed E-state index contributed by atoms with van der Waals surface area (Å²) in [4.78, 5) is 10.5. The van der Waals surface area contributed by atoms with Crippen LogP contribution >= 0.6 is 11.6 Å². The summed E-state index contributed by atoms with van der Waals surface area (Å²) in [5.74, 6) is 0. The molecule has 0 saturated carbocycles. The first-order valence-electron chi connectivity index (χ1n) is 4.60. The number of ether oxygens (including phenoxy) is 2. The summed E-state index contributed by atoms with van der Waals surface area (Å²) in [6.07, 6.45) is -6.55. The van der Waals surface area contributed by atoms with Gasteiger partial charge in [-0.2, -0.15) is 23.1 Å². The molecule has 0 N–H and O–H groups in total. The molecule has 5 nitrogen and oxygen atoms in total. The normalized spacial score (nSPS) is 13.3. The Morgan fingerprint density at radius 2 is 1.82 bits per heavy atom. The Balaban J connectivity index is 2.84. The van der Waals surface area contributed by atoms with Crippen molar-refractivity contribution in [2.45, 2.75) is 26.1 Å². The van der Waals surface area contributed by atoms with Crippen molar-refractivity contribution >= 4 is 11.6 Å². The van der Waals surface area contributed by atoms with E-state index in [0.29, 0.717) is 0 Å². The van der Waals surface area contributed by atoms with E-state index in [1.807, 2.05) is 0 Å². The predicted molar refractivity (Wildman–Crippen MR) is 52.2 cm³/mol. The van der Waals surface area contributed by atoms with Gasteiger partial charge in [-0.3, -0.25) is 0 Å². The van der Waals surface area contributed by atoms with Crippen LogP contribution in [-0.2, 0) is 0 Å². The lowest BCUT2D eigenvalue weighted by molar-refractivity contribution is -0.190. The minimum absolute atomic E-state index is 0.183. The minimum Gasteiger partial charge on any atom is -0.464 e. The lowest BCUT2D eigenvalue weighted by Crippen LogP contribution is -2.31. The molecule has 1 aromatic rings. The van der Waals surface area contributed by atoms with Crippen LogP contribution in [0.5, 0.6) is 12.0 Å². The molecular weight excluding hydrogens is 263 g/mol. The van der Waals surface area contributed by atoms with Crippen molar-refractivity contribution in [3.8, 4) is 12.0 Å². The van der Waals surface area contributed by atoms with Crippen molar-refractivity contribution in [1.29, 1.82) is 0 Å². The summed E-state index contributed by atoms with van der Waals surface area (Å²) in [6.45, 7) is 2.74.